The molecule has 112 valence electrons. The van der Waals surface area contributed by atoms with Crippen LogP contribution in [0.2, 0.25) is 0 Å². The standard InChI is InChI=1S/C12H21N5O3/c1-19-7-6-13-10(18)4-5-14-12-17-16-11(20-12)8-15-9-2-3-9/h9,15H,2-8H2,1H3,(H,13,18)(H,14,17). The zero-order valence-electron chi connectivity index (χ0n) is 11.6. The molecule has 1 saturated carbocycles. The predicted molar refractivity (Wildman–Crippen MR) is 72.2 cm³/mol. The summed E-state index contributed by atoms with van der Waals surface area (Å²) < 4.78 is 10.2. The maximum Gasteiger partial charge on any atom is 0.315 e. The highest BCUT2D eigenvalue weighted by Gasteiger charge is 2.21. The highest BCUT2D eigenvalue weighted by atomic mass is 16.5. The van der Waals surface area contributed by atoms with Gasteiger partial charge in [-0.15, -0.1) is 5.10 Å². The first-order valence-corrected chi connectivity index (χ1v) is 6.83. The number of carbonyl (C=O) groups excluding carboxylic acids is 1. The minimum Gasteiger partial charge on any atom is -0.407 e. The Kier molecular flexibility index (Phi) is 5.75. The van der Waals surface area contributed by atoms with Crippen molar-refractivity contribution in [3.8, 4) is 0 Å². The molecule has 0 unspecified atom stereocenters. The number of aromatic nitrogens is 2. The maximum absolute atomic E-state index is 11.4. The van der Waals surface area contributed by atoms with Gasteiger partial charge in [-0.2, -0.15) is 0 Å². The molecule has 1 aliphatic rings. The molecule has 1 aromatic rings. The molecule has 0 spiro atoms. The van der Waals surface area contributed by atoms with Crippen molar-refractivity contribution in [2.75, 3.05) is 32.1 Å². The molecule has 1 amide bonds. The summed E-state index contributed by atoms with van der Waals surface area (Å²) >= 11 is 0. The number of hydrogen-bond acceptors (Lipinski definition) is 7. The van der Waals surface area contributed by atoms with Gasteiger partial charge >= 0.3 is 6.01 Å². The maximum atomic E-state index is 11.4. The molecule has 8 nitrogen and oxygen atoms in total. The molecule has 1 aromatic heterocycles. The molecule has 0 atom stereocenters. The molecule has 1 heterocycles. The average molecular weight is 283 g/mol. The zero-order chi connectivity index (χ0) is 14.2. The summed E-state index contributed by atoms with van der Waals surface area (Å²) in [5.74, 6) is 0.522. The Balaban J connectivity index is 1.57. The number of methoxy groups -OCH3 is 1. The molecular weight excluding hydrogens is 262 g/mol. The van der Waals surface area contributed by atoms with Crippen molar-refractivity contribution >= 4 is 11.9 Å². The first-order chi connectivity index (χ1) is 9.78. The second-order valence-electron chi connectivity index (χ2n) is 4.68. The van der Waals surface area contributed by atoms with Crippen molar-refractivity contribution in [3.05, 3.63) is 5.89 Å². The zero-order valence-corrected chi connectivity index (χ0v) is 11.6. The minimum absolute atomic E-state index is 0.0373. The van der Waals surface area contributed by atoms with Gasteiger partial charge < -0.3 is 25.1 Å². The van der Waals surface area contributed by atoms with Crippen LogP contribution in [-0.2, 0) is 16.1 Å². The summed E-state index contributed by atoms with van der Waals surface area (Å²) in [6, 6.07) is 0.955. The summed E-state index contributed by atoms with van der Waals surface area (Å²) in [6.07, 6.45) is 2.79. The van der Waals surface area contributed by atoms with Crippen LogP contribution >= 0.6 is 0 Å². The summed E-state index contributed by atoms with van der Waals surface area (Å²) in [5, 5.41) is 16.7. The predicted octanol–water partition coefficient (Wildman–Crippen LogP) is -0.114. The van der Waals surface area contributed by atoms with E-state index in [0.717, 1.165) is 0 Å². The lowest BCUT2D eigenvalue weighted by molar-refractivity contribution is -0.121. The largest absolute Gasteiger partial charge is 0.407 e. The molecule has 0 aliphatic heterocycles. The highest BCUT2D eigenvalue weighted by molar-refractivity contribution is 5.76. The van der Waals surface area contributed by atoms with E-state index in [-0.39, 0.29) is 5.91 Å². The summed E-state index contributed by atoms with van der Waals surface area (Å²) in [6.45, 7) is 2.08. The molecule has 0 aromatic carbocycles. The summed E-state index contributed by atoms with van der Waals surface area (Å²) in [5.41, 5.74) is 0. The molecule has 1 fully saturated rings. The number of amides is 1. The molecule has 8 heteroatoms. The molecule has 0 saturated heterocycles. The number of rotatable bonds is 10. The van der Waals surface area contributed by atoms with Crippen molar-refractivity contribution in [1.82, 2.24) is 20.8 Å². The van der Waals surface area contributed by atoms with Crippen LogP contribution in [0.15, 0.2) is 4.42 Å². The Morgan fingerprint density at radius 2 is 2.25 bits per heavy atom. The van der Waals surface area contributed by atoms with E-state index in [1.807, 2.05) is 0 Å². The lowest BCUT2D eigenvalue weighted by Gasteiger charge is -2.04. The first-order valence-electron chi connectivity index (χ1n) is 6.83. The Morgan fingerprint density at radius 1 is 1.40 bits per heavy atom. The van der Waals surface area contributed by atoms with Gasteiger partial charge in [-0.05, 0) is 12.8 Å². The molecule has 3 N–H and O–H groups in total. The van der Waals surface area contributed by atoms with Crippen molar-refractivity contribution in [2.24, 2.45) is 0 Å². The molecule has 0 bridgehead atoms. The normalized spacial score (nSPS) is 14.2. The fourth-order valence-corrected chi connectivity index (χ4v) is 1.58. The van der Waals surface area contributed by atoms with Gasteiger partial charge in [0.15, 0.2) is 0 Å². The summed E-state index contributed by atoms with van der Waals surface area (Å²) in [4.78, 5) is 11.4. The average Bonchev–Trinajstić information content (AvgIpc) is 3.16. The van der Waals surface area contributed by atoms with E-state index in [4.69, 9.17) is 9.15 Å². The quantitative estimate of drug-likeness (QED) is 0.515. The summed E-state index contributed by atoms with van der Waals surface area (Å²) in [7, 11) is 1.60. The van der Waals surface area contributed by atoms with Crippen LogP contribution in [0.3, 0.4) is 0 Å². The Bertz CT molecular complexity index is 419. The number of nitrogens with zero attached hydrogens (tertiary/aromatic N) is 2. The van der Waals surface area contributed by atoms with Crippen LogP contribution < -0.4 is 16.0 Å². The van der Waals surface area contributed by atoms with Gasteiger partial charge in [-0.3, -0.25) is 4.79 Å². The molecule has 2 rings (SSSR count). The minimum atomic E-state index is -0.0373. The first kappa shape index (κ1) is 14.7. The van der Waals surface area contributed by atoms with Crippen LogP contribution in [0.4, 0.5) is 6.01 Å². The number of anilines is 1. The number of hydrogen-bond donors (Lipinski definition) is 3. The van der Waals surface area contributed by atoms with E-state index in [0.29, 0.717) is 50.6 Å². The second kappa shape index (κ2) is 7.81. The van der Waals surface area contributed by atoms with Crippen molar-refractivity contribution < 1.29 is 13.9 Å². The smallest absolute Gasteiger partial charge is 0.315 e. The number of nitrogens with one attached hydrogen (secondary N) is 3. The van der Waals surface area contributed by atoms with Crippen molar-refractivity contribution in [3.63, 3.8) is 0 Å². The lowest BCUT2D eigenvalue weighted by atomic mass is 10.4. The molecular formula is C12H21N5O3. The number of ether oxygens (including phenoxy) is 1. The molecule has 20 heavy (non-hydrogen) atoms. The van der Waals surface area contributed by atoms with E-state index in [1.54, 1.807) is 7.11 Å². The van der Waals surface area contributed by atoms with E-state index in [2.05, 4.69) is 26.1 Å². The van der Waals surface area contributed by atoms with E-state index >= 15 is 0 Å². The van der Waals surface area contributed by atoms with E-state index in [1.165, 1.54) is 12.8 Å². The van der Waals surface area contributed by atoms with Gasteiger partial charge in [0.2, 0.25) is 11.8 Å². The van der Waals surface area contributed by atoms with Gasteiger partial charge in [0, 0.05) is 32.7 Å². The lowest BCUT2D eigenvalue weighted by Crippen LogP contribution is -2.28. The van der Waals surface area contributed by atoms with E-state index in [9.17, 15) is 4.79 Å². The van der Waals surface area contributed by atoms with Gasteiger partial charge in [0.1, 0.15) is 0 Å². The van der Waals surface area contributed by atoms with Gasteiger partial charge in [0.25, 0.3) is 0 Å². The van der Waals surface area contributed by atoms with Gasteiger partial charge in [-0.25, -0.2) is 0 Å². The third kappa shape index (κ3) is 5.54. The van der Waals surface area contributed by atoms with E-state index < -0.39 is 0 Å². The van der Waals surface area contributed by atoms with Gasteiger partial charge in [-0.1, -0.05) is 5.10 Å². The SMILES string of the molecule is COCCNC(=O)CCNc1nnc(CNC2CC2)o1. The Hall–Kier alpha value is -1.67. The van der Waals surface area contributed by atoms with Gasteiger partial charge in [0.05, 0.1) is 13.2 Å². The van der Waals surface area contributed by atoms with Crippen LogP contribution in [0.5, 0.6) is 0 Å². The fraction of sp³-hybridized carbons (Fsp3) is 0.750. The van der Waals surface area contributed by atoms with Crippen molar-refractivity contribution in [2.45, 2.75) is 31.8 Å². The number of carbonyl (C=O) groups is 1. The Labute approximate surface area is 117 Å². The topological polar surface area (TPSA) is 101 Å². The van der Waals surface area contributed by atoms with Crippen LogP contribution in [0.25, 0.3) is 0 Å². The molecule has 1 aliphatic carbocycles. The third-order valence-electron chi connectivity index (χ3n) is 2.84. The monoisotopic (exact) mass is 283 g/mol. The van der Waals surface area contributed by atoms with Crippen LogP contribution in [0.1, 0.15) is 25.2 Å². The van der Waals surface area contributed by atoms with Crippen LogP contribution in [-0.4, -0.2) is 49.0 Å². The van der Waals surface area contributed by atoms with Crippen LogP contribution in [0, 0.1) is 0 Å². The third-order valence-corrected chi connectivity index (χ3v) is 2.84. The molecule has 0 radical (unpaired) electrons. The Morgan fingerprint density at radius 3 is 3.00 bits per heavy atom. The fourth-order valence-electron chi connectivity index (χ4n) is 1.58. The van der Waals surface area contributed by atoms with Crippen molar-refractivity contribution in [1.29, 1.82) is 0 Å². The second-order valence-corrected chi connectivity index (χ2v) is 4.68. The highest BCUT2D eigenvalue weighted by Crippen LogP contribution is 2.19.